The van der Waals surface area contributed by atoms with Crippen LogP contribution in [0.3, 0.4) is 0 Å². The Morgan fingerprint density at radius 2 is 1.89 bits per heavy atom. The van der Waals surface area contributed by atoms with E-state index in [0.717, 1.165) is 19.3 Å². The van der Waals surface area contributed by atoms with Crippen LogP contribution in [0.2, 0.25) is 0 Å². The Morgan fingerprint density at radius 1 is 1.32 bits per heavy atom. The number of carbonyl (C=O) groups is 2. The number of amides is 1. The lowest BCUT2D eigenvalue weighted by molar-refractivity contribution is -0.143. The molecule has 2 atom stereocenters. The van der Waals surface area contributed by atoms with Gasteiger partial charge in [0.2, 0.25) is 5.91 Å². The highest BCUT2D eigenvalue weighted by Gasteiger charge is 2.27. The lowest BCUT2D eigenvalue weighted by Crippen LogP contribution is -2.46. The average Bonchev–Trinajstić information content (AvgIpc) is 2.43. The molecule has 1 rings (SSSR count). The van der Waals surface area contributed by atoms with Crippen LogP contribution in [0.15, 0.2) is 0 Å². The summed E-state index contributed by atoms with van der Waals surface area (Å²) >= 11 is 0. The van der Waals surface area contributed by atoms with E-state index in [1.165, 1.54) is 0 Å². The van der Waals surface area contributed by atoms with Crippen LogP contribution in [0, 0.1) is 17.8 Å². The molecule has 110 valence electrons. The zero-order chi connectivity index (χ0) is 14.4. The van der Waals surface area contributed by atoms with Crippen molar-refractivity contribution in [3.8, 4) is 0 Å². The SMILES string of the molecule is CCC(C)[C@H](N)C(=O)NCC1CCC(C(=O)O)CC1. The molecule has 1 fully saturated rings. The summed E-state index contributed by atoms with van der Waals surface area (Å²) in [5.41, 5.74) is 5.86. The number of nitrogens with two attached hydrogens (primary N) is 1. The largest absolute Gasteiger partial charge is 0.481 e. The van der Waals surface area contributed by atoms with Crippen molar-refractivity contribution in [2.75, 3.05) is 6.54 Å². The quantitative estimate of drug-likeness (QED) is 0.679. The minimum absolute atomic E-state index is 0.0882. The lowest BCUT2D eigenvalue weighted by atomic mass is 9.82. The molecule has 0 spiro atoms. The molecule has 5 heteroatoms. The van der Waals surface area contributed by atoms with Gasteiger partial charge in [-0.05, 0) is 37.5 Å². The number of hydrogen-bond donors (Lipinski definition) is 3. The number of carboxylic acids is 1. The smallest absolute Gasteiger partial charge is 0.306 e. The molecule has 0 aromatic carbocycles. The lowest BCUT2D eigenvalue weighted by Gasteiger charge is -2.27. The van der Waals surface area contributed by atoms with Crippen LogP contribution in [-0.4, -0.2) is 29.6 Å². The van der Waals surface area contributed by atoms with Gasteiger partial charge in [-0.2, -0.15) is 0 Å². The van der Waals surface area contributed by atoms with Crippen LogP contribution in [0.1, 0.15) is 46.0 Å². The van der Waals surface area contributed by atoms with E-state index in [2.05, 4.69) is 5.32 Å². The molecule has 0 aliphatic heterocycles. The van der Waals surface area contributed by atoms with Gasteiger partial charge in [0.25, 0.3) is 0 Å². The van der Waals surface area contributed by atoms with E-state index in [4.69, 9.17) is 10.8 Å². The first-order valence-corrected chi connectivity index (χ1v) is 7.21. The van der Waals surface area contributed by atoms with E-state index in [1.807, 2.05) is 13.8 Å². The van der Waals surface area contributed by atoms with Gasteiger partial charge in [0.1, 0.15) is 0 Å². The molecular weight excluding hydrogens is 244 g/mol. The van der Waals surface area contributed by atoms with Crippen molar-refractivity contribution in [3.63, 3.8) is 0 Å². The van der Waals surface area contributed by atoms with Gasteiger partial charge in [0, 0.05) is 6.54 Å². The normalized spacial score (nSPS) is 26.5. The van der Waals surface area contributed by atoms with E-state index in [1.54, 1.807) is 0 Å². The van der Waals surface area contributed by atoms with Crippen LogP contribution in [0.25, 0.3) is 0 Å². The fourth-order valence-electron chi connectivity index (χ4n) is 2.49. The Morgan fingerprint density at radius 3 is 2.37 bits per heavy atom. The van der Waals surface area contributed by atoms with Crippen molar-refractivity contribution in [1.29, 1.82) is 0 Å². The minimum Gasteiger partial charge on any atom is -0.481 e. The summed E-state index contributed by atoms with van der Waals surface area (Å²) in [6.07, 6.45) is 4.06. The van der Waals surface area contributed by atoms with Crippen molar-refractivity contribution in [3.05, 3.63) is 0 Å². The minimum atomic E-state index is -0.693. The molecule has 1 saturated carbocycles. The maximum absolute atomic E-state index is 11.8. The van der Waals surface area contributed by atoms with Crippen molar-refractivity contribution >= 4 is 11.9 Å². The first-order chi connectivity index (χ1) is 8.95. The Balaban J connectivity index is 2.27. The molecule has 0 aromatic rings. The number of carboxylic acid groups (broad SMARTS) is 1. The average molecular weight is 270 g/mol. The Bertz CT molecular complexity index is 312. The fraction of sp³-hybridized carbons (Fsp3) is 0.857. The number of hydrogen-bond acceptors (Lipinski definition) is 3. The molecule has 1 unspecified atom stereocenters. The molecule has 1 amide bonds. The summed E-state index contributed by atoms with van der Waals surface area (Å²) in [5.74, 6) is -0.406. The van der Waals surface area contributed by atoms with Gasteiger partial charge in [-0.15, -0.1) is 0 Å². The third-order valence-electron chi connectivity index (χ3n) is 4.32. The second-order valence-electron chi connectivity index (χ2n) is 5.71. The predicted molar refractivity (Wildman–Crippen MR) is 73.5 cm³/mol. The maximum Gasteiger partial charge on any atom is 0.306 e. The van der Waals surface area contributed by atoms with E-state index in [0.29, 0.717) is 25.3 Å². The molecule has 0 aromatic heterocycles. The number of nitrogens with one attached hydrogen (secondary N) is 1. The highest BCUT2D eigenvalue weighted by atomic mass is 16.4. The maximum atomic E-state index is 11.8. The van der Waals surface area contributed by atoms with Gasteiger partial charge in [-0.3, -0.25) is 9.59 Å². The van der Waals surface area contributed by atoms with E-state index in [9.17, 15) is 9.59 Å². The third kappa shape index (κ3) is 4.82. The highest BCUT2D eigenvalue weighted by molar-refractivity contribution is 5.81. The van der Waals surface area contributed by atoms with Crippen molar-refractivity contribution < 1.29 is 14.7 Å². The second kappa shape index (κ2) is 7.48. The van der Waals surface area contributed by atoms with Crippen LogP contribution in [0.5, 0.6) is 0 Å². The molecule has 19 heavy (non-hydrogen) atoms. The highest BCUT2D eigenvalue weighted by Crippen LogP contribution is 2.28. The van der Waals surface area contributed by atoms with Crippen LogP contribution in [0.4, 0.5) is 0 Å². The number of aliphatic carboxylic acids is 1. The van der Waals surface area contributed by atoms with Gasteiger partial charge in [-0.1, -0.05) is 20.3 Å². The summed E-state index contributed by atoms with van der Waals surface area (Å²) in [5, 5.41) is 11.8. The van der Waals surface area contributed by atoms with Gasteiger partial charge in [-0.25, -0.2) is 0 Å². The summed E-state index contributed by atoms with van der Waals surface area (Å²) < 4.78 is 0. The molecule has 5 nitrogen and oxygen atoms in total. The fourth-order valence-corrected chi connectivity index (χ4v) is 2.49. The van der Waals surface area contributed by atoms with E-state index >= 15 is 0 Å². The van der Waals surface area contributed by atoms with E-state index in [-0.39, 0.29) is 17.7 Å². The van der Waals surface area contributed by atoms with Crippen molar-refractivity contribution in [1.82, 2.24) is 5.32 Å². The van der Waals surface area contributed by atoms with Crippen LogP contribution in [-0.2, 0) is 9.59 Å². The van der Waals surface area contributed by atoms with E-state index < -0.39 is 12.0 Å². The Labute approximate surface area is 114 Å². The molecular formula is C14H26N2O3. The topological polar surface area (TPSA) is 92.4 Å². The van der Waals surface area contributed by atoms with Gasteiger partial charge >= 0.3 is 5.97 Å². The number of rotatable bonds is 6. The summed E-state index contributed by atoms with van der Waals surface area (Å²) in [4.78, 5) is 22.7. The monoisotopic (exact) mass is 270 g/mol. The van der Waals surface area contributed by atoms with Crippen LogP contribution < -0.4 is 11.1 Å². The first kappa shape index (κ1) is 16.0. The molecule has 0 radical (unpaired) electrons. The first-order valence-electron chi connectivity index (χ1n) is 7.21. The van der Waals surface area contributed by atoms with Crippen molar-refractivity contribution in [2.24, 2.45) is 23.5 Å². The summed E-state index contributed by atoms with van der Waals surface area (Å²) in [7, 11) is 0. The summed E-state index contributed by atoms with van der Waals surface area (Å²) in [6, 6.07) is -0.444. The Kier molecular flexibility index (Phi) is 6.28. The molecule has 0 heterocycles. The second-order valence-corrected chi connectivity index (χ2v) is 5.71. The Hall–Kier alpha value is -1.10. The zero-order valence-electron chi connectivity index (χ0n) is 11.9. The van der Waals surface area contributed by atoms with Crippen molar-refractivity contribution in [2.45, 2.75) is 52.0 Å². The zero-order valence-corrected chi connectivity index (χ0v) is 11.9. The molecule has 0 bridgehead atoms. The van der Waals surface area contributed by atoms with Gasteiger partial charge in [0.15, 0.2) is 0 Å². The molecule has 1 aliphatic rings. The van der Waals surface area contributed by atoms with Crippen LogP contribution >= 0.6 is 0 Å². The molecule has 4 N–H and O–H groups in total. The number of carbonyl (C=O) groups excluding carboxylic acids is 1. The predicted octanol–water partition coefficient (Wildman–Crippen LogP) is 1.37. The standard InChI is InChI=1S/C14H26N2O3/c1-3-9(2)12(15)13(17)16-8-10-4-6-11(7-5-10)14(18)19/h9-12H,3-8,15H2,1-2H3,(H,16,17)(H,18,19)/t9?,10?,11?,12-/m0/s1. The summed E-state index contributed by atoms with van der Waals surface area (Å²) in [6.45, 7) is 4.61. The molecule has 1 aliphatic carbocycles. The van der Waals surface area contributed by atoms with Gasteiger partial charge < -0.3 is 16.2 Å². The third-order valence-corrected chi connectivity index (χ3v) is 4.32. The molecule has 0 saturated heterocycles. The van der Waals surface area contributed by atoms with Gasteiger partial charge in [0.05, 0.1) is 12.0 Å².